The third-order valence-electron chi connectivity index (χ3n) is 3.29. The molecule has 21 heavy (non-hydrogen) atoms. The van der Waals surface area contributed by atoms with E-state index in [1.54, 1.807) is 4.68 Å². The van der Waals surface area contributed by atoms with Gasteiger partial charge < -0.3 is 10.1 Å². The average Bonchev–Trinajstić information content (AvgIpc) is 2.83. The number of fused-ring (bicyclic) bond motifs is 1. The van der Waals surface area contributed by atoms with Crippen LogP contribution in [-0.4, -0.2) is 47.9 Å². The van der Waals surface area contributed by atoms with E-state index in [1.165, 1.54) is 4.90 Å². The smallest absolute Gasteiger partial charge is 0.240 e. The standard InChI is InChI=1S/C14H22N4O3/c1-3-21-8-4-6-15-12(19)10-17-13-9-11(2)16-18(13)7-5-14(17)20/h9H,3-8,10H2,1-2H3,(H,15,19). The number of hydrogen-bond donors (Lipinski definition) is 1. The summed E-state index contributed by atoms with van der Waals surface area (Å²) in [7, 11) is 0. The lowest BCUT2D eigenvalue weighted by Gasteiger charge is -2.26. The van der Waals surface area contributed by atoms with E-state index in [0.29, 0.717) is 38.5 Å². The molecule has 0 bridgehead atoms. The normalized spacial score (nSPS) is 14.2. The minimum atomic E-state index is -0.160. The number of aryl methyl sites for hydroxylation is 2. The minimum absolute atomic E-state index is 0.0353. The first-order chi connectivity index (χ1) is 10.1. The zero-order valence-electron chi connectivity index (χ0n) is 12.6. The third kappa shape index (κ3) is 4.04. The van der Waals surface area contributed by atoms with E-state index in [-0.39, 0.29) is 18.4 Å². The fourth-order valence-corrected chi connectivity index (χ4v) is 2.29. The van der Waals surface area contributed by atoms with Gasteiger partial charge in [-0.15, -0.1) is 0 Å². The summed E-state index contributed by atoms with van der Waals surface area (Å²) >= 11 is 0. The zero-order valence-corrected chi connectivity index (χ0v) is 12.6. The van der Waals surface area contributed by atoms with Crippen LogP contribution >= 0.6 is 0 Å². The molecule has 0 spiro atoms. The number of nitrogens with zero attached hydrogens (tertiary/aromatic N) is 3. The Kier molecular flexibility index (Phi) is 5.32. The summed E-state index contributed by atoms with van der Waals surface area (Å²) in [5.41, 5.74) is 0.849. The van der Waals surface area contributed by atoms with E-state index in [2.05, 4.69) is 10.4 Å². The van der Waals surface area contributed by atoms with Crippen LogP contribution in [0.1, 0.15) is 25.5 Å². The van der Waals surface area contributed by atoms with Gasteiger partial charge in [-0.25, -0.2) is 4.68 Å². The van der Waals surface area contributed by atoms with Crippen LogP contribution in [0.5, 0.6) is 0 Å². The molecule has 0 aliphatic carbocycles. The van der Waals surface area contributed by atoms with E-state index < -0.39 is 0 Å². The molecule has 2 heterocycles. The van der Waals surface area contributed by atoms with Crippen LogP contribution < -0.4 is 10.2 Å². The summed E-state index contributed by atoms with van der Waals surface area (Å²) in [5.74, 6) is 0.507. The lowest BCUT2D eigenvalue weighted by molar-refractivity contribution is -0.124. The first kappa shape index (κ1) is 15.5. The highest BCUT2D eigenvalue weighted by Crippen LogP contribution is 2.21. The Bertz CT molecular complexity index is 512. The summed E-state index contributed by atoms with van der Waals surface area (Å²) in [6.45, 7) is 6.30. The Morgan fingerprint density at radius 2 is 2.33 bits per heavy atom. The Hall–Kier alpha value is -1.89. The van der Waals surface area contributed by atoms with Crippen molar-refractivity contribution in [1.82, 2.24) is 15.1 Å². The first-order valence-corrected chi connectivity index (χ1v) is 7.31. The topological polar surface area (TPSA) is 76.5 Å². The molecule has 0 saturated heterocycles. The molecule has 1 aliphatic rings. The van der Waals surface area contributed by atoms with Crippen molar-refractivity contribution < 1.29 is 14.3 Å². The Morgan fingerprint density at radius 3 is 3.10 bits per heavy atom. The number of amides is 2. The predicted molar refractivity (Wildman–Crippen MR) is 78.1 cm³/mol. The van der Waals surface area contributed by atoms with Crippen LogP contribution in [0.3, 0.4) is 0 Å². The first-order valence-electron chi connectivity index (χ1n) is 7.31. The number of nitrogens with one attached hydrogen (secondary N) is 1. The van der Waals surface area contributed by atoms with Crippen LogP contribution in [0.4, 0.5) is 5.82 Å². The van der Waals surface area contributed by atoms with Gasteiger partial charge in [0.1, 0.15) is 12.4 Å². The Morgan fingerprint density at radius 1 is 1.52 bits per heavy atom. The number of anilines is 1. The second kappa shape index (κ2) is 7.21. The third-order valence-corrected chi connectivity index (χ3v) is 3.29. The lowest BCUT2D eigenvalue weighted by Crippen LogP contribution is -2.44. The maximum absolute atomic E-state index is 12.0. The van der Waals surface area contributed by atoms with Crippen LogP contribution in [0.2, 0.25) is 0 Å². The minimum Gasteiger partial charge on any atom is -0.382 e. The second-order valence-electron chi connectivity index (χ2n) is 5.00. The van der Waals surface area contributed by atoms with E-state index in [4.69, 9.17) is 4.74 Å². The molecule has 0 saturated carbocycles. The number of rotatable bonds is 7. The lowest BCUT2D eigenvalue weighted by atomic mass is 10.2. The molecule has 7 heteroatoms. The van der Waals surface area contributed by atoms with E-state index in [9.17, 15) is 9.59 Å². The fourth-order valence-electron chi connectivity index (χ4n) is 2.29. The SMILES string of the molecule is CCOCCCNC(=O)CN1C(=O)CCn2nc(C)cc21. The number of hydrogen-bond acceptors (Lipinski definition) is 4. The maximum atomic E-state index is 12.0. The van der Waals surface area contributed by atoms with Gasteiger partial charge in [0.2, 0.25) is 11.8 Å². The van der Waals surface area contributed by atoms with Crippen molar-refractivity contribution in [3.05, 3.63) is 11.8 Å². The molecule has 0 aromatic carbocycles. The van der Waals surface area contributed by atoms with Gasteiger partial charge in [0.15, 0.2) is 0 Å². The molecule has 0 fully saturated rings. The number of aromatic nitrogens is 2. The van der Waals surface area contributed by atoms with E-state index in [1.807, 2.05) is 19.9 Å². The zero-order chi connectivity index (χ0) is 15.2. The molecule has 7 nitrogen and oxygen atoms in total. The summed E-state index contributed by atoms with van der Waals surface area (Å²) in [6.07, 6.45) is 1.15. The molecule has 2 rings (SSSR count). The molecular formula is C14H22N4O3. The highest BCUT2D eigenvalue weighted by molar-refractivity contribution is 5.98. The quantitative estimate of drug-likeness (QED) is 0.742. The van der Waals surface area contributed by atoms with Crippen LogP contribution in [0.25, 0.3) is 0 Å². The maximum Gasteiger partial charge on any atom is 0.240 e. The summed E-state index contributed by atoms with van der Waals surface area (Å²) in [5, 5.41) is 7.12. The van der Waals surface area contributed by atoms with Crippen molar-refractivity contribution in [2.45, 2.75) is 33.2 Å². The van der Waals surface area contributed by atoms with Gasteiger partial charge in [0.05, 0.1) is 12.2 Å². The molecule has 0 atom stereocenters. The molecular weight excluding hydrogens is 272 g/mol. The highest BCUT2D eigenvalue weighted by atomic mass is 16.5. The molecule has 0 unspecified atom stereocenters. The molecule has 2 amide bonds. The summed E-state index contributed by atoms with van der Waals surface area (Å²) < 4.78 is 6.98. The van der Waals surface area contributed by atoms with Gasteiger partial charge in [-0.3, -0.25) is 14.5 Å². The van der Waals surface area contributed by atoms with Gasteiger partial charge in [-0.05, 0) is 20.3 Å². The van der Waals surface area contributed by atoms with Crippen molar-refractivity contribution in [3.63, 3.8) is 0 Å². The summed E-state index contributed by atoms with van der Waals surface area (Å²) in [4.78, 5) is 25.4. The second-order valence-corrected chi connectivity index (χ2v) is 5.00. The van der Waals surface area contributed by atoms with Crippen LogP contribution in [0.15, 0.2) is 6.07 Å². The van der Waals surface area contributed by atoms with Crippen LogP contribution in [-0.2, 0) is 20.9 Å². The molecule has 0 radical (unpaired) electrons. The predicted octanol–water partition coefficient (Wildman–Crippen LogP) is 0.471. The number of ether oxygens (including phenoxy) is 1. The summed E-state index contributed by atoms with van der Waals surface area (Å²) in [6, 6.07) is 1.83. The van der Waals surface area contributed by atoms with Crippen molar-refractivity contribution in [1.29, 1.82) is 0 Å². The Labute approximate surface area is 124 Å². The number of carbonyl (C=O) groups excluding carboxylic acids is 2. The number of carbonyl (C=O) groups is 2. The molecule has 1 aromatic rings. The fraction of sp³-hybridized carbons (Fsp3) is 0.643. The Balaban J connectivity index is 1.87. The van der Waals surface area contributed by atoms with Crippen molar-refractivity contribution in [2.24, 2.45) is 0 Å². The molecule has 1 aromatic heterocycles. The van der Waals surface area contributed by atoms with Crippen molar-refractivity contribution >= 4 is 17.6 Å². The van der Waals surface area contributed by atoms with Gasteiger partial charge in [-0.2, -0.15) is 5.10 Å². The monoisotopic (exact) mass is 294 g/mol. The highest BCUT2D eigenvalue weighted by Gasteiger charge is 2.27. The van der Waals surface area contributed by atoms with Gasteiger partial charge >= 0.3 is 0 Å². The van der Waals surface area contributed by atoms with Crippen molar-refractivity contribution in [2.75, 3.05) is 31.2 Å². The van der Waals surface area contributed by atoms with Crippen LogP contribution in [0, 0.1) is 6.92 Å². The largest absolute Gasteiger partial charge is 0.382 e. The van der Waals surface area contributed by atoms with Crippen molar-refractivity contribution in [3.8, 4) is 0 Å². The average molecular weight is 294 g/mol. The van der Waals surface area contributed by atoms with Gasteiger partial charge in [0.25, 0.3) is 0 Å². The van der Waals surface area contributed by atoms with E-state index >= 15 is 0 Å². The molecule has 116 valence electrons. The van der Waals surface area contributed by atoms with Gasteiger partial charge in [-0.1, -0.05) is 0 Å². The van der Waals surface area contributed by atoms with Gasteiger partial charge in [0, 0.05) is 32.2 Å². The molecule has 1 N–H and O–H groups in total. The van der Waals surface area contributed by atoms with E-state index in [0.717, 1.165) is 12.1 Å². The molecule has 1 aliphatic heterocycles.